The number of rotatable bonds is 15. The third-order valence-corrected chi connectivity index (χ3v) is 4.63. The maximum atomic E-state index is 10.9. The Morgan fingerprint density at radius 2 is 1.19 bits per heavy atom. The fraction of sp³-hybridized carbons (Fsp3) is 0.947. The van der Waals surface area contributed by atoms with Crippen molar-refractivity contribution in [1.82, 2.24) is 0 Å². The monoisotopic (exact) mass is 298 g/mol. The lowest BCUT2D eigenvalue weighted by molar-refractivity contribution is -0.140. The number of carbonyl (C=O) groups is 1. The summed E-state index contributed by atoms with van der Waals surface area (Å²) in [5, 5.41) is 0. The number of esters is 1. The molecule has 2 heteroatoms. The molecule has 0 atom stereocenters. The van der Waals surface area contributed by atoms with Gasteiger partial charge in [0.25, 0.3) is 0 Å². The Kier molecular flexibility index (Phi) is 15.5. The fourth-order valence-electron chi connectivity index (χ4n) is 2.92. The molecule has 0 unspecified atom stereocenters. The van der Waals surface area contributed by atoms with Crippen molar-refractivity contribution in [3.8, 4) is 0 Å². The Balaban J connectivity index is 3.11. The summed E-state index contributed by atoms with van der Waals surface area (Å²) >= 11 is 0. The maximum Gasteiger partial charge on any atom is 0.305 e. The molecule has 0 aliphatic carbocycles. The molecule has 0 amide bonds. The van der Waals surface area contributed by atoms with Crippen molar-refractivity contribution >= 4 is 5.97 Å². The van der Waals surface area contributed by atoms with Crippen molar-refractivity contribution in [3.63, 3.8) is 0 Å². The Morgan fingerprint density at radius 3 is 1.62 bits per heavy atom. The van der Waals surface area contributed by atoms with Crippen molar-refractivity contribution in [2.75, 3.05) is 7.11 Å². The molecule has 0 saturated carbocycles. The van der Waals surface area contributed by atoms with Crippen LogP contribution in [0.25, 0.3) is 0 Å². The smallest absolute Gasteiger partial charge is 0.305 e. The SMILES string of the molecule is CCC(CC)CCCCCCCCCCCCC(=O)OC. The van der Waals surface area contributed by atoms with E-state index in [0.29, 0.717) is 6.42 Å². The first-order chi connectivity index (χ1) is 10.2. The van der Waals surface area contributed by atoms with Crippen molar-refractivity contribution < 1.29 is 9.53 Å². The number of methoxy groups -OCH3 is 1. The predicted molar refractivity (Wildman–Crippen MR) is 91.5 cm³/mol. The number of carbonyl (C=O) groups excluding carboxylic acids is 1. The summed E-state index contributed by atoms with van der Waals surface area (Å²) in [7, 11) is 1.47. The molecule has 2 nitrogen and oxygen atoms in total. The van der Waals surface area contributed by atoms with Gasteiger partial charge < -0.3 is 4.74 Å². The summed E-state index contributed by atoms with van der Waals surface area (Å²) in [4.78, 5) is 10.9. The largest absolute Gasteiger partial charge is 0.469 e. The minimum atomic E-state index is -0.0663. The normalized spacial score (nSPS) is 11.0. The van der Waals surface area contributed by atoms with Crippen LogP contribution in [0.5, 0.6) is 0 Å². The van der Waals surface area contributed by atoms with Crippen molar-refractivity contribution in [3.05, 3.63) is 0 Å². The minimum Gasteiger partial charge on any atom is -0.469 e. The Hall–Kier alpha value is -0.530. The van der Waals surface area contributed by atoms with Gasteiger partial charge in [0.1, 0.15) is 0 Å². The van der Waals surface area contributed by atoms with Crippen LogP contribution in [0, 0.1) is 5.92 Å². The first-order valence-corrected chi connectivity index (χ1v) is 9.31. The molecule has 0 spiro atoms. The van der Waals surface area contributed by atoms with Gasteiger partial charge >= 0.3 is 5.97 Å². The highest BCUT2D eigenvalue weighted by Gasteiger charge is 2.02. The van der Waals surface area contributed by atoms with E-state index in [2.05, 4.69) is 18.6 Å². The van der Waals surface area contributed by atoms with Crippen LogP contribution in [0.3, 0.4) is 0 Å². The van der Waals surface area contributed by atoms with E-state index in [0.717, 1.165) is 12.3 Å². The molecular weight excluding hydrogens is 260 g/mol. The third-order valence-electron chi connectivity index (χ3n) is 4.63. The van der Waals surface area contributed by atoms with E-state index in [-0.39, 0.29) is 5.97 Å². The second-order valence-corrected chi connectivity index (χ2v) is 6.33. The standard InChI is InChI=1S/C19H38O2/c1-4-18(5-2)16-14-12-10-8-6-7-9-11-13-15-17-19(20)21-3/h18H,4-17H2,1-3H3. The molecule has 0 heterocycles. The van der Waals surface area contributed by atoms with Gasteiger partial charge in [0.15, 0.2) is 0 Å². The third kappa shape index (κ3) is 14.2. The molecular formula is C19H38O2. The van der Waals surface area contributed by atoms with E-state index in [1.54, 1.807) is 0 Å². The molecule has 0 saturated heterocycles. The van der Waals surface area contributed by atoms with Crippen LogP contribution in [0.4, 0.5) is 0 Å². The lowest BCUT2D eigenvalue weighted by Crippen LogP contribution is -1.99. The number of ether oxygens (including phenoxy) is 1. The molecule has 126 valence electrons. The van der Waals surface area contributed by atoms with E-state index >= 15 is 0 Å². The Labute approximate surface area is 133 Å². The highest BCUT2D eigenvalue weighted by molar-refractivity contribution is 5.68. The van der Waals surface area contributed by atoms with Crippen LogP contribution >= 0.6 is 0 Å². The molecule has 0 N–H and O–H groups in total. The van der Waals surface area contributed by atoms with Crippen molar-refractivity contribution in [2.45, 2.75) is 104 Å². The van der Waals surface area contributed by atoms with E-state index in [9.17, 15) is 4.79 Å². The zero-order valence-corrected chi connectivity index (χ0v) is 14.8. The molecule has 0 aromatic heterocycles. The molecule has 0 aliphatic heterocycles. The second-order valence-electron chi connectivity index (χ2n) is 6.33. The topological polar surface area (TPSA) is 26.3 Å². The first-order valence-electron chi connectivity index (χ1n) is 9.31. The van der Waals surface area contributed by atoms with Gasteiger partial charge in [-0.3, -0.25) is 4.79 Å². The minimum absolute atomic E-state index is 0.0663. The van der Waals surface area contributed by atoms with E-state index in [4.69, 9.17) is 0 Å². The molecule has 0 aromatic carbocycles. The van der Waals surface area contributed by atoms with Gasteiger partial charge in [0, 0.05) is 6.42 Å². The van der Waals surface area contributed by atoms with Gasteiger partial charge in [-0.1, -0.05) is 90.9 Å². The van der Waals surface area contributed by atoms with Gasteiger partial charge in [-0.05, 0) is 12.3 Å². The van der Waals surface area contributed by atoms with Crippen molar-refractivity contribution in [2.24, 2.45) is 5.92 Å². The molecule has 0 bridgehead atoms. The zero-order chi connectivity index (χ0) is 15.8. The highest BCUT2D eigenvalue weighted by Crippen LogP contribution is 2.18. The first kappa shape index (κ1) is 20.5. The van der Waals surface area contributed by atoms with Crippen molar-refractivity contribution in [1.29, 1.82) is 0 Å². The summed E-state index contributed by atoms with van der Waals surface area (Å²) in [5.41, 5.74) is 0. The number of hydrogen-bond donors (Lipinski definition) is 0. The van der Waals surface area contributed by atoms with Crippen LogP contribution < -0.4 is 0 Å². The van der Waals surface area contributed by atoms with E-state index in [1.165, 1.54) is 84.2 Å². The summed E-state index contributed by atoms with van der Waals surface area (Å²) in [6, 6.07) is 0. The Morgan fingerprint density at radius 1 is 0.762 bits per heavy atom. The lowest BCUT2D eigenvalue weighted by Gasteiger charge is -2.11. The summed E-state index contributed by atoms with van der Waals surface area (Å²) in [6.45, 7) is 4.64. The van der Waals surface area contributed by atoms with Crippen LogP contribution in [0.1, 0.15) is 104 Å². The van der Waals surface area contributed by atoms with Gasteiger partial charge in [-0.2, -0.15) is 0 Å². The lowest BCUT2D eigenvalue weighted by atomic mass is 9.95. The predicted octanol–water partition coefficient (Wildman–Crippen LogP) is 6.28. The zero-order valence-electron chi connectivity index (χ0n) is 14.8. The number of unbranched alkanes of at least 4 members (excludes halogenated alkanes) is 9. The summed E-state index contributed by atoms with van der Waals surface area (Å²) in [6.07, 6.45) is 17.9. The van der Waals surface area contributed by atoms with Gasteiger partial charge in [0.05, 0.1) is 7.11 Å². The van der Waals surface area contributed by atoms with E-state index < -0.39 is 0 Å². The second kappa shape index (κ2) is 15.9. The average Bonchev–Trinajstić information content (AvgIpc) is 2.51. The highest BCUT2D eigenvalue weighted by atomic mass is 16.5. The fourth-order valence-corrected chi connectivity index (χ4v) is 2.92. The maximum absolute atomic E-state index is 10.9. The Bertz CT molecular complexity index is 222. The van der Waals surface area contributed by atoms with E-state index in [1.807, 2.05) is 0 Å². The van der Waals surface area contributed by atoms with Crippen LogP contribution in [0.15, 0.2) is 0 Å². The number of hydrogen-bond acceptors (Lipinski definition) is 2. The molecule has 0 aromatic rings. The van der Waals surface area contributed by atoms with Gasteiger partial charge in [-0.25, -0.2) is 0 Å². The molecule has 0 aliphatic rings. The summed E-state index contributed by atoms with van der Waals surface area (Å²) < 4.78 is 4.63. The van der Waals surface area contributed by atoms with Gasteiger partial charge in [-0.15, -0.1) is 0 Å². The molecule has 21 heavy (non-hydrogen) atoms. The quantitative estimate of drug-likeness (QED) is 0.263. The van der Waals surface area contributed by atoms with Crippen LogP contribution in [-0.2, 0) is 9.53 Å². The summed E-state index contributed by atoms with van der Waals surface area (Å²) in [5.74, 6) is 0.901. The molecule has 0 radical (unpaired) electrons. The molecule has 0 rings (SSSR count). The van der Waals surface area contributed by atoms with Gasteiger partial charge in [0.2, 0.25) is 0 Å². The molecule has 0 fully saturated rings. The average molecular weight is 299 g/mol. The van der Waals surface area contributed by atoms with Crippen LogP contribution in [0.2, 0.25) is 0 Å². The van der Waals surface area contributed by atoms with Crippen LogP contribution in [-0.4, -0.2) is 13.1 Å².